The lowest BCUT2D eigenvalue weighted by atomic mass is 10.2. The van der Waals surface area contributed by atoms with Gasteiger partial charge in [-0.05, 0) is 37.3 Å². The third-order valence-electron chi connectivity index (χ3n) is 2.60. The number of hydrazine groups is 1. The maximum absolute atomic E-state index is 11.7. The van der Waals surface area contributed by atoms with Gasteiger partial charge in [-0.25, -0.2) is 0 Å². The summed E-state index contributed by atoms with van der Waals surface area (Å²) in [7, 11) is 0. The number of furan rings is 1. The smallest absolute Gasteiger partial charge is 0.276 e. The van der Waals surface area contributed by atoms with Crippen LogP contribution < -0.4 is 15.6 Å². The third kappa shape index (κ3) is 4.25. The molecule has 1 heterocycles. The Morgan fingerprint density at radius 1 is 1.19 bits per heavy atom. The molecule has 0 radical (unpaired) electrons. The minimum atomic E-state index is -0.487. The number of carbonyl (C=O) groups is 2. The number of aryl methyl sites for hydroxylation is 1. The molecule has 0 saturated heterocycles. The molecule has 2 N–H and O–H groups in total. The number of halogens is 1. The van der Waals surface area contributed by atoms with E-state index < -0.39 is 11.8 Å². The van der Waals surface area contributed by atoms with E-state index in [9.17, 15) is 9.59 Å². The van der Waals surface area contributed by atoms with E-state index in [-0.39, 0.29) is 6.61 Å². The van der Waals surface area contributed by atoms with Gasteiger partial charge in [-0.1, -0.05) is 11.6 Å². The van der Waals surface area contributed by atoms with Gasteiger partial charge in [0.25, 0.3) is 11.8 Å². The highest BCUT2D eigenvalue weighted by atomic mass is 35.5. The Bertz CT molecular complexity index is 637. The molecule has 110 valence electrons. The fourth-order valence-electron chi connectivity index (χ4n) is 1.53. The van der Waals surface area contributed by atoms with E-state index in [2.05, 4.69) is 10.9 Å². The van der Waals surface area contributed by atoms with Gasteiger partial charge in [-0.15, -0.1) is 0 Å². The van der Waals surface area contributed by atoms with E-state index in [0.29, 0.717) is 22.1 Å². The number of carbonyl (C=O) groups excluding carboxylic acids is 2. The van der Waals surface area contributed by atoms with E-state index >= 15 is 0 Å². The number of rotatable bonds is 4. The average molecular weight is 309 g/mol. The molecule has 0 aliphatic heterocycles. The van der Waals surface area contributed by atoms with Crippen LogP contribution in [0, 0.1) is 6.92 Å². The topological polar surface area (TPSA) is 80.6 Å². The molecule has 1 aromatic carbocycles. The first-order valence-electron chi connectivity index (χ1n) is 6.08. The number of amides is 2. The maximum Gasteiger partial charge on any atom is 0.276 e. The van der Waals surface area contributed by atoms with Gasteiger partial charge in [0.05, 0.1) is 11.8 Å². The van der Waals surface area contributed by atoms with Gasteiger partial charge in [0.2, 0.25) is 0 Å². The molecule has 0 unspecified atom stereocenters. The lowest BCUT2D eigenvalue weighted by Gasteiger charge is -2.08. The molecule has 0 aliphatic carbocycles. The maximum atomic E-state index is 11.7. The van der Waals surface area contributed by atoms with Crippen molar-refractivity contribution in [2.75, 3.05) is 6.61 Å². The van der Waals surface area contributed by atoms with Crippen LogP contribution in [-0.4, -0.2) is 18.4 Å². The lowest BCUT2D eigenvalue weighted by molar-refractivity contribution is -0.123. The second-order valence-corrected chi connectivity index (χ2v) is 4.57. The van der Waals surface area contributed by atoms with Crippen LogP contribution >= 0.6 is 11.6 Å². The largest absolute Gasteiger partial charge is 0.484 e. The zero-order valence-electron chi connectivity index (χ0n) is 11.2. The van der Waals surface area contributed by atoms with Crippen molar-refractivity contribution in [3.05, 3.63) is 52.9 Å². The van der Waals surface area contributed by atoms with Crippen LogP contribution in [0.2, 0.25) is 5.02 Å². The molecule has 21 heavy (non-hydrogen) atoms. The first-order chi connectivity index (χ1) is 10.1. The summed E-state index contributed by atoms with van der Waals surface area (Å²) in [5.41, 5.74) is 4.88. The van der Waals surface area contributed by atoms with Crippen LogP contribution in [0.4, 0.5) is 0 Å². The first-order valence-corrected chi connectivity index (χ1v) is 6.45. The van der Waals surface area contributed by atoms with E-state index in [1.807, 2.05) is 0 Å². The van der Waals surface area contributed by atoms with E-state index in [1.54, 1.807) is 31.2 Å². The lowest BCUT2D eigenvalue weighted by Crippen LogP contribution is -2.43. The van der Waals surface area contributed by atoms with Crippen LogP contribution in [0.3, 0.4) is 0 Å². The van der Waals surface area contributed by atoms with Crippen molar-refractivity contribution < 1.29 is 18.7 Å². The van der Waals surface area contributed by atoms with Crippen molar-refractivity contribution in [3.8, 4) is 5.75 Å². The molecule has 7 heteroatoms. The number of hydrogen-bond donors (Lipinski definition) is 2. The Labute approximate surface area is 126 Å². The van der Waals surface area contributed by atoms with Gasteiger partial charge < -0.3 is 9.15 Å². The highest BCUT2D eigenvalue weighted by Crippen LogP contribution is 2.15. The van der Waals surface area contributed by atoms with Crippen LogP contribution in [0.15, 0.2) is 41.0 Å². The highest BCUT2D eigenvalue weighted by Gasteiger charge is 2.12. The molecule has 0 bridgehead atoms. The molecule has 0 fully saturated rings. The molecular formula is C14H13ClN2O4. The zero-order valence-corrected chi connectivity index (χ0v) is 11.9. The Morgan fingerprint density at radius 3 is 2.52 bits per heavy atom. The number of nitrogens with one attached hydrogen (secondary N) is 2. The summed E-state index contributed by atoms with van der Waals surface area (Å²) < 4.78 is 10.2. The SMILES string of the molecule is Cc1occc1C(=O)NNC(=O)COc1ccc(Cl)cc1. The monoisotopic (exact) mass is 308 g/mol. The Hall–Kier alpha value is -2.47. The quantitative estimate of drug-likeness (QED) is 0.847. The molecule has 0 atom stereocenters. The van der Waals surface area contributed by atoms with Crippen molar-refractivity contribution in [1.29, 1.82) is 0 Å². The Morgan fingerprint density at radius 2 is 1.90 bits per heavy atom. The summed E-state index contributed by atoms with van der Waals surface area (Å²) in [5.74, 6) is 0.0336. The minimum Gasteiger partial charge on any atom is -0.484 e. The number of benzene rings is 1. The molecule has 2 aromatic rings. The van der Waals surface area contributed by atoms with Crippen molar-refractivity contribution in [1.82, 2.24) is 10.9 Å². The molecule has 2 rings (SSSR count). The molecule has 6 nitrogen and oxygen atoms in total. The van der Waals surface area contributed by atoms with Crippen LogP contribution in [0.1, 0.15) is 16.1 Å². The Balaban J connectivity index is 1.76. The van der Waals surface area contributed by atoms with Crippen molar-refractivity contribution in [2.45, 2.75) is 6.92 Å². The van der Waals surface area contributed by atoms with Gasteiger partial charge in [-0.2, -0.15) is 0 Å². The summed E-state index contributed by atoms with van der Waals surface area (Å²) in [6.07, 6.45) is 1.40. The van der Waals surface area contributed by atoms with Crippen molar-refractivity contribution >= 4 is 23.4 Å². The second kappa shape index (κ2) is 6.81. The Kier molecular flexibility index (Phi) is 4.84. The molecule has 0 saturated carbocycles. The third-order valence-corrected chi connectivity index (χ3v) is 2.85. The zero-order chi connectivity index (χ0) is 15.2. The fraction of sp³-hybridized carbons (Fsp3) is 0.143. The second-order valence-electron chi connectivity index (χ2n) is 4.14. The number of hydrogen-bond acceptors (Lipinski definition) is 4. The summed E-state index contributed by atoms with van der Waals surface area (Å²) in [4.78, 5) is 23.2. The summed E-state index contributed by atoms with van der Waals surface area (Å²) >= 11 is 5.73. The van der Waals surface area contributed by atoms with Crippen LogP contribution in [-0.2, 0) is 4.79 Å². The van der Waals surface area contributed by atoms with Crippen molar-refractivity contribution in [3.63, 3.8) is 0 Å². The van der Waals surface area contributed by atoms with Gasteiger partial charge in [0, 0.05) is 5.02 Å². The predicted molar refractivity (Wildman–Crippen MR) is 76.0 cm³/mol. The van der Waals surface area contributed by atoms with Gasteiger partial charge >= 0.3 is 0 Å². The summed E-state index contributed by atoms with van der Waals surface area (Å²) in [6.45, 7) is 1.42. The van der Waals surface area contributed by atoms with Crippen molar-refractivity contribution in [2.24, 2.45) is 0 Å². The van der Waals surface area contributed by atoms with E-state index in [1.165, 1.54) is 12.3 Å². The van der Waals surface area contributed by atoms with E-state index in [4.69, 9.17) is 20.8 Å². The first kappa shape index (κ1) is 14.9. The molecular weight excluding hydrogens is 296 g/mol. The van der Waals surface area contributed by atoms with Crippen LogP contribution in [0.5, 0.6) is 5.75 Å². The summed E-state index contributed by atoms with van der Waals surface area (Å²) in [6, 6.07) is 8.10. The standard InChI is InChI=1S/C14H13ClN2O4/c1-9-12(6-7-20-9)14(19)17-16-13(18)8-21-11-4-2-10(15)3-5-11/h2-7H,8H2,1H3,(H,16,18)(H,17,19). The van der Waals surface area contributed by atoms with E-state index in [0.717, 1.165) is 0 Å². The molecule has 2 amide bonds. The summed E-state index contributed by atoms with van der Waals surface area (Å²) in [5, 5.41) is 0.578. The van der Waals surface area contributed by atoms with Crippen LogP contribution in [0.25, 0.3) is 0 Å². The normalized spacial score (nSPS) is 10.0. The number of ether oxygens (including phenoxy) is 1. The van der Waals surface area contributed by atoms with Gasteiger partial charge in [-0.3, -0.25) is 20.4 Å². The minimum absolute atomic E-state index is 0.230. The fourth-order valence-corrected chi connectivity index (χ4v) is 1.66. The molecule has 0 aliphatic rings. The molecule has 0 spiro atoms. The highest BCUT2D eigenvalue weighted by molar-refractivity contribution is 6.30. The van der Waals surface area contributed by atoms with Gasteiger partial charge in [0.1, 0.15) is 11.5 Å². The average Bonchev–Trinajstić information content (AvgIpc) is 2.90. The van der Waals surface area contributed by atoms with Gasteiger partial charge in [0.15, 0.2) is 6.61 Å². The predicted octanol–water partition coefficient (Wildman–Crippen LogP) is 2.08. The molecule has 1 aromatic heterocycles.